The van der Waals surface area contributed by atoms with E-state index in [9.17, 15) is 32.0 Å². The van der Waals surface area contributed by atoms with Gasteiger partial charge in [-0.1, -0.05) is 37.1 Å². The number of fused-ring (bicyclic) bond motifs is 3. The highest BCUT2D eigenvalue weighted by atomic mass is 32.2. The lowest BCUT2D eigenvalue weighted by atomic mass is 10.1. The van der Waals surface area contributed by atoms with Gasteiger partial charge in [0.25, 0.3) is 5.91 Å². The van der Waals surface area contributed by atoms with Crippen molar-refractivity contribution >= 4 is 50.3 Å². The highest BCUT2D eigenvalue weighted by molar-refractivity contribution is 7.91. The fourth-order valence-electron chi connectivity index (χ4n) is 7.71. The Bertz CT molecular complexity index is 2130. The van der Waals surface area contributed by atoms with Crippen molar-refractivity contribution in [2.24, 2.45) is 5.92 Å². The number of halogens is 1. The van der Waals surface area contributed by atoms with Crippen LogP contribution in [0.4, 0.5) is 14.3 Å². The summed E-state index contributed by atoms with van der Waals surface area (Å²) in [5.74, 6) is -2.72. The smallest absolute Gasteiger partial charge is 0.410 e. The van der Waals surface area contributed by atoms with Crippen LogP contribution in [0.3, 0.4) is 0 Å². The standard InChI is InChI=1S/C38H42FN7O7S2/c39-29-11-6-8-24-19-45(21-28(24)29)37(50)53-26-16-32-33(47)43-38(35(49)44-55(51,52)27-13-14-27)17-25(38)10-4-2-1-3-5-12-30(34(48)46(32)20-26)41-36-42-31(22-54-36)23-9-7-15-40-18-23/h4,6-11,15,18,22,25-27,30,32H,1-3,5,12-14,16-17,19-21H2,(H,41,42)(H,43,47)(H,44,49)/t25-,26-,30+,32+,38-/m1/s1. The Labute approximate surface area is 322 Å². The fraction of sp³-hybridized carbons (Fsp3) is 0.474. The van der Waals surface area contributed by atoms with Crippen LogP contribution in [0.5, 0.6) is 0 Å². The lowest BCUT2D eigenvalue weighted by Crippen LogP contribution is -2.57. The number of nitrogens with zero attached hydrogens (tertiary/aromatic N) is 4. The van der Waals surface area contributed by atoms with Crippen molar-refractivity contribution in [2.75, 3.05) is 11.9 Å². The van der Waals surface area contributed by atoms with Crippen LogP contribution < -0.4 is 15.4 Å². The van der Waals surface area contributed by atoms with Crippen molar-refractivity contribution in [1.82, 2.24) is 29.8 Å². The third kappa shape index (κ3) is 7.81. The van der Waals surface area contributed by atoms with Gasteiger partial charge in [-0.2, -0.15) is 0 Å². The van der Waals surface area contributed by atoms with Crippen LogP contribution in [0.1, 0.15) is 68.9 Å². The molecule has 2 aliphatic carbocycles. The summed E-state index contributed by atoms with van der Waals surface area (Å²) in [6.07, 6.45) is 10.1. The summed E-state index contributed by atoms with van der Waals surface area (Å²) in [5.41, 5.74) is 1.08. The number of hydrogen-bond acceptors (Lipinski definition) is 11. The van der Waals surface area contributed by atoms with Gasteiger partial charge in [-0.3, -0.25) is 29.0 Å². The van der Waals surface area contributed by atoms with Gasteiger partial charge in [0.05, 0.1) is 24.0 Å². The highest BCUT2D eigenvalue weighted by Crippen LogP contribution is 2.46. The molecule has 3 fully saturated rings. The number of hydrogen-bond donors (Lipinski definition) is 3. The number of carbonyl (C=O) groups is 4. The SMILES string of the molecule is O=C1N[C@]2(C(=O)NS(=O)(=O)C3CC3)C[C@H]2C=CCCCCC[C@H](Nc2nc(-c3cccnc3)cs2)C(=O)N2C[C@H](OC(=O)N3Cc4cccc(F)c4C3)C[C@@H]12. The van der Waals surface area contributed by atoms with Crippen molar-refractivity contribution in [3.8, 4) is 11.3 Å². The van der Waals surface area contributed by atoms with E-state index < -0.39 is 74.5 Å². The molecule has 8 rings (SSSR count). The van der Waals surface area contributed by atoms with E-state index in [0.717, 1.165) is 18.4 Å². The van der Waals surface area contributed by atoms with Crippen LogP contribution >= 0.6 is 11.3 Å². The maximum Gasteiger partial charge on any atom is 0.410 e. The number of amides is 4. The first kappa shape index (κ1) is 37.0. The summed E-state index contributed by atoms with van der Waals surface area (Å²) >= 11 is 1.34. The fourth-order valence-corrected chi connectivity index (χ4v) is 9.85. The summed E-state index contributed by atoms with van der Waals surface area (Å²) in [6.45, 7) is 0.0764. The first-order chi connectivity index (χ1) is 26.5. The lowest BCUT2D eigenvalue weighted by molar-refractivity contribution is -0.140. The van der Waals surface area contributed by atoms with Crippen molar-refractivity contribution in [1.29, 1.82) is 0 Å². The second kappa shape index (κ2) is 15.0. The molecule has 5 heterocycles. The molecular weight excluding hydrogens is 750 g/mol. The van der Waals surface area contributed by atoms with Crippen molar-refractivity contribution in [2.45, 2.75) is 99.9 Å². The summed E-state index contributed by atoms with van der Waals surface area (Å²) in [6, 6.07) is 6.44. The maximum absolute atomic E-state index is 14.6. The number of ether oxygens (including phenoxy) is 1. The van der Waals surface area contributed by atoms with Crippen LogP contribution in [0.2, 0.25) is 0 Å². The average molecular weight is 792 g/mol. The molecule has 2 saturated carbocycles. The molecular formula is C38H42FN7O7S2. The first-order valence-corrected chi connectivity index (χ1v) is 21.1. The zero-order chi connectivity index (χ0) is 38.3. The number of benzene rings is 1. The molecule has 0 spiro atoms. The van der Waals surface area contributed by atoms with Gasteiger partial charge in [-0.05, 0) is 62.3 Å². The molecule has 290 valence electrons. The number of nitrogens with one attached hydrogen (secondary N) is 3. The predicted molar refractivity (Wildman–Crippen MR) is 200 cm³/mol. The third-order valence-electron chi connectivity index (χ3n) is 11.1. The molecule has 0 radical (unpaired) electrons. The minimum atomic E-state index is -3.90. The zero-order valence-corrected chi connectivity index (χ0v) is 31.6. The molecule has 2 aromatic heterocycles. The van der Waals surface area contributed by atoms with Gasteiger partial charge >= 0.3 is 6.09 Å². The molecule has 5 aliphatic rings. The molecule has 1 aromatic carbocycles. The Hall–Kier alpha value is -4.90. The van der Waals surface area contributed by atoms with Crippen molar-refractivity contribution in [3.05, 3.63) is 77.2 Å². The molecule has 14 nitrogen and oxygen atoms in total. The zero-order valence-electron chi connectivity index (χ0n) is 30.0. The second-order valence-corrected chi connectivity index (χ2v) is 17.8. The van der Waals surface area contributed by atoms with Gasteiger partial charge < -0.3 is 20.3 Å². The number of sulfonamides is 1. The Kier molecular flexibility index (Phi) is 10.1. The maximum atomic E-state index is 14.6. The Balaban J connectivity index is 1.06. The minimum absolute atomic E-state index is 0.0251. The van der Waals surface area contributed by atoms with Crippen LogP contribution in [0.25, 0.3) is 11.3 Å². The van der Waals surface area contributed by atoms with Gasteiger partial charge in [0.1, 0.15) is 29.5 Å². The number of allylic oxidation sites excluding steroid dienone is 1. The van der Waals surface area contributed by atoms with E-state index in [1.165, 1.54) is 27.2 Å². The summed E-state index contributed by atoms with van der Waals surface area (Å²) in [4.78, 5) is 67.8. The lowest BCUT2D eigenvalue weighted by Gasteiger charge is -2.29. The topological polar surface area (TPSA) is 180 Å². The van der Waals surface area contributed by atoms with Gasteiger partial charge in [-0.25, -0.2) is 22.6 Å². The summed E-state index contributed by atoms with van der Waals surface area (Å²) in [5, 5.41) is 7.90. The Morgan fingerprint density at radius 2 is 1.93 bits per heavy atom. The number of rotatable bonds is 7. The molecule has 0 bridgehead atoms. The molecule has 0 unspecified atom stereocenters. The molecule has 3 aromatic rings. The van der Waals surface area contributed by atoms with Gasteiger partial charge in [0, 0.05) is 47.8 Å². The van der Waals surface area contributed by atoms with Gasteiger partial charge in [0.2, 0.25) is 21.8 Å². The van der Waals surface area contributed by atoms with Gasteiger partial charge in [-0.15, -0.1) is 11.3 Å². The van der Waals surface area contributed by atoms with E-state index in [0.29, 0.717) is 54.1 Å². The molecule has 4 amide bonds. The Morgan fingerprint density at radius 3 is 2.71 bits per heavy atom. The molecule has 17 heteroatoms. The number of anilines is 1. The minimum Gasteiger partial charge on any atom is -0.444 e. The normalized spacial score (nSPS) is 26.9. The quantitative estimate of drug-likeness (QED) is 0.293. The molecule has 55 heavy (non-hydrogen) atoms. The second-order valence-electron chi connectivity index (χ2n) is 15.0. The highest BCUT2D eigenvalue weighted by Gasteiger charge is 2.62. The van der Waals surface area contributed by atoms with Crippen LogP contribution in [-0.4, -0.2) is 87.5 Å². The van der Waals surface area contributed by atoms with Crippen LogP contribution in [0, 0.1) is 11.7 Å². The van der Waals surface area contributed by atoms with Gasteiger partial charge in [0.15, 0.2) is 5.13 Å². The summed E-state index contributed by atoms with van der Waals surface area (Å²) < 4.78 is 48.2. The van der Waals surface area contributed by atoms with E-state index in [1.54, 1.807) is 24.5 Å². The van der Waals surface area contributed by atoms with Crippen LogP contribution in [-0.2, 0) is 42.2 Å². The molecule has 1 saturated heterocycles. The molecule has 3 aliphatic heterocycles. The van der Waals surface area contributed by atoms with Crippen LogP contribution in [0.15, 0.2) is 60.3 Å². The monoisotopic (exact) mass is 791 g/mol. The average Bonchev–Trinajstić information content (AvgIpc) is 3.97. The predicted octanol–water partition coefficient (Wildman–Crippen LogP) is 4.25. The van der Waals surface area contributed by atoms with E-state index in [-0.39, 0.29) is 32.5 Å². The first-order valence-electron chi connectivity index (χ1n) is 18.7. The summed E-state index contributed by atoms with van der Waals surface area (Å²) in [7, 11) is -3.90. The Morgan fingerprint density at radius 1 is 1.07 bits per heavy atom. The largest absolute Gasteiger partial charge is 0.444 e. The third-order valence-corrected chi connectivity index (χ3v) is 13.6. The van der Waals surface area contributed by atoms with Crippen molar-refractivity contribution < 1.29 is 36.7 Å². The molecule has 3 N–H and O–H groups in total. The number of carbonyl (C=O) groups excluding carboxylic acids is 4. The number of aromatic nitrogens is 2. The number of pyridine rings is 1. The van der Waals surface area contributed by atoms with E-state index in [2.05, 4.69) is 20.3 Å². The van der Waals surface area contributed by atoms with E-state index in [1.807, 2.05) is 29.7 Å². The number of thiazole rings is 1. The van der Waals surface area contributed by atoms with Crippen molar-refractivity contribution in [3.63, 3.8) is 0 Å². The van der Waals surface area contributed by atoms with E-state index >= 15 is 0 Å². The van der Waals surface area contributed by atoms with E-state index in [4.69, 9.17) is 9.72 Å². The molecule has 5 atom stereocenters.